The molecular formula is C16H15N5O2. The van der Waals surface area contributed by atoms with Gasteiger partial charge in [-0.1, -0.05) is 5.16 Å². The predicted molar refractivity (Wildman–Crippen MR) is 81.5 cm³/mol. The van der Waals surface area contributed by atoms with Crippen LogP contribution in [0.3, 0.4) is 0 Å². The molecule has 116 valence electrons. The van der Waals surface area contributed by atoms with Crippen molar-refractivity contribution in [3.63, 3.8) is 0 Å². The SMILES string of the molecule is Cc1nc(-c2cccnc2)ncc1-c1nc(C2CCOC2)no1. The van der Waals surface area contributed by atoms with Crippen LogP contribution >= 0.6 is 0 Å². The van der Waals surface area contributed by atoms with Gasteiger partial charge in [0.15, 0.2) is 11.6 Å². The Morgan fingerprint density at radius 1 is 1.22 bits per heavy atom. The average Bonchev–Trinajstić information content (AvgIpc) is 3.27. The van der Waals surface area contributed by atoms with Gasteiger partial charge < -0.3 is 9.26 Å². The molecule has 4 rings (SSSR count). The molecule has 0 saturated carbocycles. The summed E-state index contributed by atoms with van der Waals surface area (Å²) in [5.41, 5.74) is 2.41. The molecule has 1 unspecified atom stereocenters. The first-order valence-corrected chi connectivity index (χ1v) is 7.47. The van der Waals surface area contributed by atoms with E-state index >= 15 is 0 Å². The molecule has 1 fully saturated rings. The summed E-state index contributed by atoms with van der Waals surface area (Å²) in [5, 5.41) is 4.06. The van der Waals surface area contributed by atoms with Gasteiger partial charge in [-0.05, 0) is 25.5 Å². The number of ether oxygens (including phenoxy) is 1. The molecule has 0 radical (unpaired) electrons. The van der Waals surface area contributed by atoms with Crippen LogP contribution < -0.4 is 0 Å². The lowest BCUT2D eigenvalue weighted by molar-refractivity contribution is 0.192. The Bertz CT molecular complexity index is 812. The first-order chi connectivity index (χ1) is 11.3. The molecule has 23 heavy (non-hydrogen) atoms. The second kappa shape index (κ2) is 5.85. The molecule has 3 aromatic heterocycles. The Kier molecular flexibility index (Phi) is 3.55. The summed E-state index contributed by atoms with van der Waals surface area (Å²) >= 11 is 0. The second-order valence-electron chi connectivity index (χ2n) is 5.45. The van der Waals surface area contributed by atoms with E-state index < -0.39 is 0 Å². The monoisotopic (exact) mass is 309 g/mol. The number of pyridine rings is 1. The normalized spacial score (nSPS) is 17.5. The molecule has 1 aliphatic rings. The highest BCUT2D eigenvalue weighted by Crippen LogP contribution is 2.27. The van der Waals surface area contributed by atoms with Crippen molar-refractivity contribution in [2.75, 3.05) is 13.2 Å². The van der Waals surface area contributed by atoms with Crippen LogP contribution in [0, 0.1) is 6.92 Å². The van der Waals surface area contributed by atoms with Crippen molar-refractivity contribution < 1.29 is 9.26 Å². The van der Waals surface area contributed by atoms with E-state index in [2.05, 4.69) is 25.1 Å². The molecule has 0 aliphatic carbocycles. The minimum Gasteiger partial charge on any atom is -0.381 e. The van der Waals surface area contributed by atoms with Crippen LogP contribution in [0.15, 0.2) is 35.2 Å². The van der Waals surface area contributed by atoms with Gasteiger partial charge >= 0.3 is 0 Å². The zero-order chi connectivity index (χ0) is 15.6. The number of rotatable bonds is 3. The molecule has 1 saturated heterocycles. The lowest BCUT2D eigenvalue weighted by atomic mass is 10.1. The van der Waals surface area contributed by atoms with Crippen molar-refractivity contribution in [3.05, 3.63) is 42.2 Å². The first-order valence-electron chi connectivity index (χ1n) is 7.47. The Balaban J connectivity index is 1.64. The van der Waals surface area contributed by atoms with E-state index in [9.17, 15) is 0 Å². The van der Waals surface area contributed by atoms with Crippen molar-refractivity contribution in [2.45, 2.75) is 19.3 Å². The number of aryl methyl sites for hydroxylation is 1. The zero-order valence-electron chi connectivity index (χ0n) is 12.6. The lowest BCUT2D eigenvalue weighted by Crippen LogP contribution is -2.00. The molecule has 7 heteroatoms. The molecule has 7 nitrogen and oxygen atoms in total. The molecule has 1 atom stereocenters. The molecule has 4 heterocycles. The van der Waals surface area contributed by atoms with E-state index in [1.165, 1.54) is 0 Å². The van der Waals surface area contributed by atoms with Crippen molar-refractivity contribution in [1.29, 1.82) is 0 Å². The van der Waals surface area contributed by atoms with Crippen LogP contribution in [0.25, 0.3) is 22.8 Å². The van der Waals surface area contributed by atoms with Gasteiger partial charge in [-0.25, -0.2) is 9.97 Å². The smallest absolute Gasteiger partial charge is 0.261 e. The maximum atomic E-state index is 5.38. The van der Waals surface area contributed by atoms with Crippen LogP contribution in [0.4, 0.5) is 0 Å². The number of hydrogen-bond acceptors (Lipinski definition) is 7. The fraction of sp³-hybridized carbons (Fsp3) is 0.312. The zero-order valence-corrected chi connectivity index (χ0v) is 12.6. The lowest BCUT2D eigenvalue weighted by Gasteiger charge is -2.03. The highest BCUT2D eigenvalue weighted by molar-refractivity contribution is 5.59. The Morgan fingerprint density at radius 2 is 2.17 bits per heavy atom. The van der Waals surface area contributed by atoms with Crippen molar-refractivity contribution in [1.82, 2.24) is 25.1 Å². The van der Waals surface area contributed by atoms with Gasteiger partial charge in [-0.15, -0.1) is 0 Å². The predicted octanol–water partition coefficient (Wildman–Crippen LogP) is 2.40. The summed E-state index contributed by atoms with van der Waals surface area (Å²) in [6.45, 7) is 3.30. The molecule has 0 N–H and O–H groups in total. The van der Waals surface area contributed by atoms with Crippen LogP contribution in [-0.2, 0) is 4.74 Å². The minimum absolute atomic E-state index is 0.211. The topological polar surface area (TPSA) is 86.8 Å². The number of aromatic nitrogens is 5. The van der Waals surface area contributed by atoms with Gasteiger partial charge in [0.05, 0.1) is 17.9 Å². The van der Waals surface area contributed by atoms with Crippen molar-refractivity contribution in [2.24, 2.45) is 0 Å². The van der Waals surface area contributed by atoms with Crippen molar-refractivity contribution in [3.8, 4) is 22.8 Å². The van der Waals surface area contributed by atoms with Gasteiger partial charge in [-0.2, -0.15) is 4.98 Å². The first kappa shape index (κ1) is 14.0. The van der Waals surface area contributed by atoms with Crippen LogP contribution in [-0.4, -0.2) is 38.3 Å². The van der Waals surface area contributed by atoms with E-state index in [1.54, 1.807) is 18.6 Å². The molecule has 3 aromatic rings. The standard InChI is InChI=1S/C16H15N5O2/c1-10-13(8-18-14(19-10)11-3-2-5-17-7-11)16-20-15(21-23-16)12-4-6-22-9-12/h2-3,5,7-8,12H,4,6,9H2,1H3. The molecule has 0 amide bonds. The minimum atomic E-state index is 0.211. The molecular weight excluding hydrogens is 294 g/mol. The van der Waals surface area contributed by atoms with Crippen molar-refractivity contribution >= 4 is 0 Å². The molecule has 0 spiro atoms. The van der Waals surface area contributed by atoms with Gasteiger partial charge in [0, 0.05) is 36.7 Å². The van der Waals surface area contributed by atoms with Gasteiger partial charge in [0.1, 0.15) is 0 Å². The quantitative estimate of drug-likeness (QED) is 0.734. The van der Waals surface area contributed by atoms with E-state index in [0.717, 1.165) is 29.8 Å². The Hall–Kier alpha value is -2.67. The van der Waals surface area contributed by atoms with E-state index in [0.29, 0.717) is 24.1 Å². The summed E-state index contributed by atoms with van der Waals surface area (Å²) in [6, 6.07) is 3.78. The highest BCUT2D eigenvalue weighted by atomic mass is 16.5. The maximum Gasteiger partial charge on any atom is 0.261 e. The van der Waals surface area contributed by atoms with Gasteiger partial charge in [-0.3, -0.25) is 4.98 Å². The molecule has 1 aliphatic heterocycles. The van der Waals surface area contributed by atoms with Crippen LogP contribution in [0.5, 0.6) is 0 Å². The molecule has 0 bridgehead atoms. The van der Waals surface area contributed by atoms with E-state index in [-0.39, 0.29) is 5.92 Å². The third-order valence-corrected chi connectivity index (χ3v) is 3.87. The highest BCUT2D eigenvalue weighted by Gasteiger charge is 2.24. The maximum absolute atomic E-state index is 5.38. The number of nitrogens with zero attached hydrogens (tertiary/aromatic N) is 5. The van der Waals surface area contributed by atoms with Gasteiger partial charge in [0.2, 0.25) is 0 Å². The second-order valence-corrected chi connectivity index (χ2v) is 5.45. The Morgan fingerprint density at radius 3 is 2.91 bits per heavy atom. The van der Waals surface area contributed by atoms with E-state index in [4.69, 9.17) is 9.26 Å². The fourth-order valence-corrected chi connectivity index (χ4v) is 2.56. The molecule has 0 aromatic carbocycles. The van der Waals surface area contributed by atoms with Crippen LogP contribution in [0.1, 0.15) is 23.9 Å². The third kappa shape index (κ3) is 2.70. The summed E-state index contributed by atoms with van der Waals surface area (Å²) < 4.78 is 10.7. The van der Waals surface area contributed by atoms with E-state index in [1.807, 2.05) is 19.1 Å². The summed E-state index contributed by atoms with van der Waals surface area (Å²) in [7, 11) is 0. The average molecular weight is 309 g/mol. The third-order valence-electron chi connectivity index (χ3n) is 3.87. The summed E-state index contributed by atoms with van der Waals surface area (Å²) in [6.07, 6.45) is 6.10. The Labute approximate surface area is 132 Å². The van der Waals surface area contributed by atoms with Gasteiger partial charge in [0.25, 0.3) is 5.89 Å². The largest absolute Gasteiger partial charge is 0.381 e. The van der Waals surface area contributed by atoms with Crippen LogP contribution in [0.2, 0.25) is 0 Å². The fourth-order valence-electron chi connectivity index (χ4n) is 2.56. The summed E-state index contributed by atoms with van der Waals surface area (Å²) in [5.74, 6) is 1.97. The summed E-state index contributed by atoms with van der Waals surface area (Å²) in [4.78, 5) is 17.5. The number of hydrogen-bond donors (Lipinski definition) is 0.